The van der Waals surface area contributed by atoms with Crippen LogP contribution in [0.2, 0.25) is 0 Å². The van der Waals surface area contributed by atoms with Crippen molar-refractivity contribution in [3.63, 3.8) is 0 Å². The monoisotopic (exact) mass is 287 g/mol. The van der Waals surface area contributed by atoms with E-state index >= 15 is 0 Å². The third-order valence-corrected chi connectivity index (χ3v) is 4.60. The predicted octanol–water partition coefficient (Wildman–Crippen LogP) is 0.0384. The molecule has 6 nitrogen and oxygen atoms in total. The number of likely N-dealkylation sites (tertiary alicyclic amines) is 1. The second-order valence-corrected chi connectivity index (χ2v) is 6.04. The standard InChI is InChI=1S/C12H21N3O3S/c1-18-12(17)14-9-2-4-15(7-9)11(16)6-10-8-19-5-3-13-10/h9-10,13H,2-8H2,1H3,(H,14,17). The van der Waals surface area contributed by atoms with Crippen LogP contribution in [-0.2, 0) is 9.53 Å². The summed E-state index contributed by atoms with van der Waals surface area (Å²) in [4.78, 5) is 25.1. The Morgan fingerprint density at radius 2 is 2.37 bits per heavy atom. The van der Waals surface area contributed by atoms with Crippen LogP contribution < -0.4 is 10.6 Å². The Bertz CT molecular complexity index is 334. The van der Waals surface area contributed by atoms with Crippen molar-refractivity contribution in [1.82, 2.24) is 15.5 Å². The molecule has 2 unspecified atom stereocenters. The molecule has 0 aromatic carbocycles. The molecule has 0 bridgehead atoms. The third kappa shape index (κ3) is 4.28. The molecule has 19 heavy (non-hydrogen) atoms. The highest BCUT2D eigenvalue weighted by atomic mass is 32.2. The highest BCUT2D eigenvalue weighted by Gasteiger charge is 2.29. The summed E-state index contributed by atoms with van der Waals surface area (Å²) in [5.41, 5.74) is 0. The molecule has 2 amide bonds. The van der Waals surface area contributed by atoms with Gasteiger partial charge in [0.05, 0.1) is 13.2 Å². The maximum absolute atomic E-state index is 12.1. The molecule has 2 fully saturated rings. The lowest BCUT2D eigenvalue weighted by Gasteiger charge is -2.25. The molecular formula is C12H21N3O3S. The van der Waals surface area contributed by atoms with Crippen LogP contribution in [0, 0.1) is 0 Å². The van der Waals surface area contributed by atoms with Crippen LogP contribution in [0.25, 0.3) is 0 Å². The molecule has 108 valence electrons. The van der Waals surface area contributed by atoms with Gasteiger partial charge in [-0.05, 0) is 6.42 Å². The lowest BCUT2D eigenvalue weighted by molar-refractivity contribution is -0.130. The fourth-order valence-electron chi connectivity index (χ4n) is 2.42. The first-order valence-corrected chi connectivity index (χ1v) is 7.78. The number of ether oxygens (including phenoxy) is 1. The number of methoxy groups -OCH3 is 1. The van der Waals surface area contributed by atoms with Crippen LogP contribution in [0.15, 0.2) is 0 Å². The molecule has 2 saturated heterocycles. The summed E-state index contributed by atoms with van der Waals surface area (Å²) >= 11 is 1.89. The molecule has 2 heterocycles. The summed E-state index contributed by atoms with van der Waals surface area (Å²) in [5.74, 6) is 2.30. The van der Waals surface area contributed by atoms with E-state index in [-0.39, 0.29) is 11.9 Å². The van der Waals surface area contributed by atoms with Gasteiger partial charge in [-0.25, -0.2) is 4.79 Å². The number of carbonyl (C=O) groups excluding carboxylic acids is 2. The quantitative estimate of drug-likeness (QED) is 0.767. The van der Waals surface area contributed by atoms with Crippen molar-refractivity contribution >= 4 is 23.8 Å². The molecule has 0 saturated carbocycles. The first kappa shape index (κ1) is 14.5. The smallest absolute Gasteiger partial charge is 0.407 e. The number of hydrogen-bond donors (Lipinski definition) is 2. The summed E-state index contributed by atoms with van der Waals surface area (Å²) in [6, 6.07) is 0.309. The van der Waals surface area contributed by atoms with Crippen LogP contribution in [0.5, 0.6) is 0 Å². The number of nitrogens with zero attached hydrogens (tertiary/aromatic N) is 1. The first-order valence-electron chi connectivity index (χ1n) is 6.62. The highest BCUT2D eigenvalue weighted by Crippen LogP contribution is 2.15. The summed E-state index contributed by atoms with van der Waals surface area (Å²) in [7, 11) is 1.35. The zero-order valence-corrected chi connectivity index (χ0v) is 12.0. The van der Waals surface area contributed by atoms with E-state index in [9.17, 15) is 9.59 Å². The second-order valence-electron chi connectivity index (χ2n) is 4.89. The fourth-order valence-corrected chi connectivity index (χ4v) is 3.37. The van der Waals surface area contributed by atoms with Crippen LogP contribution in [-0.4, -0.2) is 67.2 Å². The summed E-state index contributed by atoms with van der Waals surface area (Å²) < 4.78 is 4.56. The van der Waals surface area contributed by atoms with Gasteiger partial charge in [0.25, 0.3) is 0 Å². The van der Waals surface area contributed by atoms with Gasteiger partial charge < -0.3 is 20.3 Å². The van der Waals surface area contributed by atoms with Gasteiger partial charge in [0.15, 0.2) is 0 Å². The minimum absolute atomic E-state index is 0.0186. The maximum atomic E-state index is 12.1. The molecular weight excluding hydrogens is 266 g/mol. The van der Waals surface area contributed by atoms with Gasteiger partial charge in [0.1, 0.15) is 0 Å². The number of carbonyl (C=O) groups is 2. The largest absolute Gasteiger partial charge is 0.453 e. The van der Waals surface area contributed by atoms with E-state index in [1.807, 2.05) is 16.7 Å². The van der Waals surface area contributed by atoms with Gasteiger partial charge in [0, 0.05) is 43.6 Å². The Morgan fingerprint density at radius 3 is 3.05 bits per heavy atom. The van der Waals surface area contributed by atoms with Crippen LogP contribution in [0.4, 0.5) is 4.79 Å². The summed E-state index contributed by atoms with van der Waals surface area (Å²) in [5, 5.41) is 6.11. The van der Waals surface area contributed by atoms with Crippen molar-refractivity contribution < 1.29 is 14.3 Å². The van der Waals surface area contributed by atoms with E-state index in [1.165, 1.54) is 7.11 Å². The van der Waals surface area contributed by atoms with Gasteiger partial charge in [0.2, 0.25) is 5.91 Å². The highest BCUT2D eigenvalue weighted by molar-refractivity contribution is 7.99. The van der Waals surface area contributed by atoms with Gasteiger partial charge in [-0.2, -0.15) is 11.8 Å². The summed E-state index contributed by atoms with van der Waals surface area (Å²) in [6.07, 6.45) is 0.927. The lowest BCUT2D eigenvalue weighted by atomic mass is 10.2. The van der Waals surface area contributed by atoms with Crippen molar-refractivity contribution in [3.8, 4) is 0 Å². The predicted molar refractivity (Wildman–Crippen MR) is 74.3 cm³/mol. The van der Waals surface area contributed by atoms with Gasteiger partial charge in [-0.3, -0.25) is 4.79 Å². The zero-order chi connectivity index (χ0) is 13.7. The van der Waals surface area contributed by atoms with Crippen molar-refractivity contribution in [2.45, 2.75) is 24.9 Å². The normalized spacial score (nSPS) is 27.1. The molecule has 2 N–H and O–H groups in total. The maximum Gasteiger partial charge on any atom is 0.407 e. The second kappa shape index (κ2) is 7.00. The SMILES string of the molecule is COC(=O)NC1CCN(C(=O)CC2CSCCN2)C1. The van der Waals surface area contributed by atoms with E-state index in [2.05, 4.69) is 15.4 Å². The molecule has 7 heteroatoms. The van der Waals surface area contributed by atoms with E-state index in [4.69, 9.17) is 0 Å². The first-order chi connectivity index (χ1) is 9.19. The molecule has 0 aliphatic carbocycles. The number of alkyl carbamates (subject to hydrolysis) is 1. The minimum atomic E-state index is -0.426. The fraction of sp³-hybridized carbons (Fsp3) is 0.833. The molecule has 0 radical (unpaired) electrons. The summed E-state index contributed by atoms with van der Waals surface area (Å²) in [6.45, 7) is 2.29. The molecule has 2 atom stereocenters. The lowest BCUT2D eigenvalue weighted by Crippen LogP contribution is -2.43. The number of rotatable bonds is 3. The van der Waals surface area contributed by atoms with Crippen LogP contribution in [0.3, 0.4) is 0 Å². The van der Waals surface area contributed by atoms with Crippen molar-refractivity contribution in [2.75, 3.05) is 38.2 Å². The average Bonchev–Trinajstić information content (AvgIpc) is 2.88. The van der Waals surface area contributed by atoms with Crippen LogP contribution >= 0.6 is 11.8 Å². The molecule has 0 aromatic rings. The Hall–Kier alpha value is -0.950. The van der Waals surface area contributed by atoms with Crippen LogP contribution in [0.1, 0.15) is 12.8 Å². The van der Waals surface area contributed by atoms with Crippen molar-refractivity contribution in [1.29, 1.82) is 0 Å². The van der Waals surface area contributed by atoms with E-state index in [0.717, 1.165) is 24.5 Å². The topological polar surface area (TPSA) is 70.7 Å². The van der Waals surface area contributed by atoms with Gasteiger partial charge >= 0.3 is 6.09 Å². The van der Waals surface area contributed by atoms with Gasteiger partial charge in [-0.15, -0.1) is 0 Å². The number of amides is 2. The van der Waals surface area contributed by atoms with Gasteiger partial charge in [-0.1, -0.05) is 0 Å². The molecule has 0 aromatic heterocycles. The zero-order valence-electron chi connectivity index (χ0n) is 11.2. The molecule has 0 spiro atoms. The average molecular weight is 287 g/mol. The molecule has 2 aliphatic heterocycles. The Balaban J connectivity index is 1.73. The Kier molecular flexibility index (Phi) is 5.33. The minimum Gasteiger partial charge on any atom is -0.453 e. The number of nitrogens with one attached hydrogen (secondary N) is 2. The van der Waals surface area contributed by atoms with Crippen molar-refractivity contribution in [2.24, 2.45) is 0 Å². The third-order valence-electron chi connectivity index (χ3n) is 3.47. The molecule has 2 aliphatic rings. The van der Waals surface area contributed by atoms with E-state index in [1.54, 1.807) is 0 Å². The van der Waals surface area contributed by atoms with Crippen molar-refractivity contribution in [3.05, 3.63) is 0 Å². The van der Waals surface area contributed by atoms with E-state index in [0.29, 0.717) is 25.6 Å². The Labute approximate surface area is 117 Å². The number of thioether (sulfide) groups is 1. The van der Waals surface area contributed by atoms with E-state index < -0.39 is 6.09 Å². The Morgan fingerprint density at radius 1 is 1.53 bits per heavy atom. The molecule has 2 rings (SSSR count). The number of hydrogen-bond acceptors (Lipinski definition) is 5.